The maximum atomic E-state index is 12.5. The van der Waals surface area contributed by atoms with Crippen LogP contribution in [0.15, 0.2) is 54.9 Å². The van der Waals surface area contributed by atoms with Crippen LogP contribution in [-0.4, -0.2) is 75.4 Å². The lowest BCUT2D eigenvalue weighted by molar-refractivity contribution is -0.121. The largest absolute Gasteiger partial charge is 0.497 e. The Balaban J connectivity index is 0.887. The van der Waals surface area contributed by atoms with Crippen molar-refractivity contribution >= 4 is 16.8 Å². The van der Waals surface area contributed by atoms with Gasteiger partial charge in [0.2, 0.25) is 5.91 Å². The molecule has 0 fully saturated rings. The van der Waals surface area contributed by atoms with Crippen LogP contribution in [-0.2, 0) is 36.3 Å². The Bertz CT molecular complexity index is 1750. The van der Waals surface area contributed by atoms with Gasteiger partial charge in [0.1, 0.15) is 11.9 Å². The van der Waals surface area contributed by atoms with Gasteiger partial charge in [-0.1, -0.05) is 23.4 Å². The third-order valence-corrected chi connectivity index (χ3v) is 9.74. The molecule has 2 aromatic carbocycles. The highest BCUT2D eigenvalue weighted by atomic mass is 16.5. The summed E-state index contributed by atoms with van der Waals surface area (Å²) in [5.74, 6) is 2.46. The number of aryl methyl sites for hydroxylation is 1. The van der Waals surface area contributed by atoms with Crippen molar-refractivity contribution in [3.8, 4) is 17.2 Å². The zero-order valence-electron chi connectivity index (χ0n) is 26.5. The van der Waals surface area contributed by atoms with E-state index < -0.39 is 6.10 Å². The zero-order chi connectivity index (χ0) is 31.7. The first-order valence-electron chi connectivity index (χ1n) is 16.2. The molecule has 0 saturated heterocycles. The molecule has 1 spiro atoms. The molecule has 7 rings (SSSR count). The summed E-state index contributed by atoms with van der Waals surface area (Å²) in [5, 5.41) is 23.4. The predicted molar refractivity (Wildman–Crippen MR) is 173 cm³/mol. The minimum Gasteiger partial charge on any atom is -0.497 e. The number of benzene rings is 2. The molecule has 11 nitrogen and oxygen atoms in total. The lowest BCUT2D eigenvalue weighted by atomic mass is 9.69. The van der Waals surface area contributed by atoms with Crippen LogP contribution < -0.4 is 19.5 Å². The molecule has 242 valence electrons. The van der Waals surface area contributed by atoms with E-state index in [2.05, 4.69) is 37.7 Å². The summed E-state index contributed by atoms with van der Waals surface area (Å²) in [6.07, 6.45) is 11.9. The van der Waals surface area contributed by atoms with E-state index in [0.29, 0.717) is 25.9 Å². The number of rotatable bonds is 12. The van der Waals surface area contributed by atoms with Gasteiger partial charge in [-0.25, -0.2) is 0 Å². The highest BCUT2D eigenvalue weighted by molar-refractivity contribution is 5.84. The Morgan fingerprint density at radius 1 is 1.22 bits per heavy atom. The number of carbonyl (C=O) groups excluding carboxylic acids is 1. The summed E-state index contributed by atoms with van der Waals surface area (Å²) < 4.78 is 19.3. The van der Waals surface area contributed by atoms with E-state index in [0.717, 1.165) is 84.7 Å². The summed E-state index contributed by atoms with van der Waals surface area (Å²) in [4.78, 5) is 18.2. The van der Waals surface area contributed by atoms with Crippen molar-refractivity contribution in [3.05, 3.63) is 77.3 Å². The minimum atomic E-state index is -0.496. The van der Waals surface area contributed by atoms with Gasteiger partial charge in [0.05, 0.1) is 31.4 Å². The van der Waals surface area contributed by atoms with Crippen molar-refractivity contribution < 1.29 is 24.1 Å². The quantitative estimate of drug-likeness (QED) is 0.159. The van der Waals surface area contributed by atoms with E-state index in [1.54, 1.807) is 14.2 Å². The second-order valence-corrected chi connectivity index (χ2v) is 12.7. The number of hydrogen-bond donors (Lipinski definition) is 3. The maximum Gasteiger partial charge on any atom is 0.220 e. The molecule has 3 atom stereocenters. The lowest BCUT2D eigenvalue weighted by Crippen LogP contribution is -2.43. The number of nitrogens with zero attached hydrogens (tertiary/aromatic N) is 4. The number of methoxy groups -OCH3 is 2. The first kappa shape index (κ1) is 30.3. The number of unbranched alkanes of at least 4 members (excludes halogenated alkanes) is 1. The first-order valence-corrected chi connectivity index (χ1v) is 16.2. The smallest absolute Gasteiger partial charge is 0.220 e. The van der Waals surface area contributed by atoms with Crippen LogP contribution >= 0.6 is 0 Å². The molecule has 2 aromatic heterocycles. The number of H-pyrrole nitrogens is 1. The molecular formula is C35H42N6O5. The Hall–Kier alpha value is -4.35. The Kier molecular flexibility index (Phi) is 8.44. The number of nitrogens with one attached hydrogen (secondary N) is 2. The normalized spacial score (nSPS) is 21.8. The molecule has 1 amide bonds. The summed E-state index contributed by atoms with van der Waals surface area (Å²) in [7, 11) is 3.34. The number of aliphatic hydroxyl groups is 1. The highest BCUT2D eigenvalue weighted by Gasteiger charge is 2.52. The Morgan fingerprint density at radius 3 is 3.00 bits per heavy atom. The summed E-state index contributed by atoms with van der Waals surface area (Å²) in [6.45, 7) is 3.65. The Labute approximate surface area is 268 Å². The number of amides is 1. The van der Waals surface area contributed by atoms with Gasteiger partial charge in [0.15, 0.2) is 11.5 Å². The van der Waals surface area contributed by atoms with Crippen LogP contribution in [0.5, 0.6) is 17.2 Å². The number of carbonyl (C=O) groups is 1. The monoisotopic (exact) mass is 626 g/mol. The van der Waals surface area contributed by atoms with Gasteiger partial charge in [-0.05, 0) is 61.1 Å². The van der Waals surface area contributed by atoms with Crippen LogP contribution in [0, 0.1) is 0 Å². The Morgan fingerprint density at radius 2 is 2.13 bits per heavy atom. The molecular weight excluding hydrogens is 584 g/mol. The molecule has 0 saturated carbocycles. The second kappa shape index (κ2) is 12.8. The van der Waals surface area contributed by atoms with Gasteiger partial charge >= 0.3 is 0 Å². The van der Waals surface area contributed by atoms with E-state index in [1.165, 1.54) is 11.1 Å². The summed E-state index contributed by atoms with van der Waals surface area (Å²) >= 11 is 0. The number of aromatic amines is 1. The third-order valence-electron chi connectivity index (χ3n) is 9.74. The third kappa shape index (κ3) is 5.85. The van der Waals surface area contributed by atoms with E-state index in [4.69, 9.17) is 14.2 Å². The van der Waals surface area contributed by atoms with E-state index in [1.807, 2.05) is 47.4 Å². The molecule has 0 unspecified atom stereocenters. The van der Waals surface area contributed by atoms with Gasteiger partial charge in [-0.2, -0.15) is 0 Å². The van der Waals surface area contributed by atoms with E-state index in [9.17, 15) is 9.90 Å². The number of aromatic nitrogens is 4. The summed E-state index contributed by atoms with van der Waals surface area (Å²) in [6, 6.07) is 10.1. The number of ether oxygens (including phenoxy) is 3. The highest BCUT2D eigenvalue weighted by Crippen LogP contribution is 2.55. The van der Waals surface area contributed by atoms with Gasteiger partial charge in [0, 0.05) is 74.4 Å². The van der Waals surface area contributed by atoms with Crippen molar-refractivity contribution in [3.63, 3.8) is 0 Å². The molecule has 46 heavy (non-hydrogen) atoms. The molecule has 0 bridgehead atoms. The van der Waals surface area contributed by atoms with Gasteiger partial charge in [0.25, 0.3) is 0 Å². The van der Waals surface area contributed by atoms with Crippen molar-refractivity contribution in [2.24, 2.45) is 0 Å². The maximum absolute atomic E-state index is 12.5. The fourth-order valence-corrected chi connectivity index (χ4v) is 7.35. The second-order valence-electron chi connectivity index (χ2n) is 12.7. The van der Waals surface area contributed by atoms with Gasteiger partial charge < -0.3 is 29.6 Å². The molecule has 11 heteroatoms. The van der Waals surface area contributed by atoms with Gasteiger partial charge in [-0.15, -0.1) is 5.10 Å². The number of aliphatic hydroxyl groups excluding tert-OH is 1. The minimum absolute atomic E-state index is 0.0693. The van der Waals surface area contributed by atoms with Crippen LogP contribution in [0.3, 0.4) is 0 Å². The average Bonchev–Trinajstić information content (AvgIpc) is 3.75. The van der Waals surface area contributed by atoms with E-state index in [-0.39, 0.29) is 17.4 Å². The van der Waals surface area contributed by atoms with Crippen LogP contribution in [0.4, 0.5) is 0 Å². The standard InChI is InChI=1S/C35H42N6O5/c1-44-27-7-8-29-28(18-27)23(19-37-29)11-14-36-32(43)5-3-4-15-41-22-25(38-39-41)21-40-16-13-35-12-10-26(42)17-31(35)46-34-30(45-2)9-6-24(20-40)33(34)35/h6-10,12,18-19,22,26,31,37,42H,3-5,11,13-17,20-21H2,1-2H3,(H,36,43)/t26-,31-,35-/m0/s1. The molecule has 1 aliphatic carbocycles. The fourth-order valence-electron chi connectivity index (χ4n) is 7.35. The molecule has 0 radical (unpaired) electrons. The average molecular weight is 627 g/mol. The summed E-state index contributed by atoms with van der Waals surface area (Å²) in [5.41, 5.74) is 5.32. The molecule has 2 aliphatic heterocycles. The SMILES string of the molecule is COc1ccc2[nH]cc(CCNC(=O)CCCCn3cc(CN4CC[C@@]56C=C[C@H](O)C[C@@H]5Oc5c(OC)ccc(c56)C4)nn3)c2c1. The van der Waals surface area contributed by atoms with Crippen LogP contribution in [0.2, 0.25) is 0 Å². The fraction of sp³-hybridized carbons (Fsp3) is 0.457. The van der Waals surface area contributed by atoms with Crippen LogP contribution in [0.25, 0.3) is 10.9 Å². The number of hydrogen-bond acceptors (Lipinski definition) is 8. The van der Waals surface area contributed by atoms with Crippen molar-refractivity contribution in [2.75, 3.05) is 27.3 Å². The van der Waals surface area contributed by atoms with Crippen molar-refractivity contribution in [1.29, 1.82) is 0 Å². The van der Waals surface area contributed by atoms with Crippen molar-refractivity contribution in [1.82, 2.24) is 30.2 Å². The number of fused-ring (bicyclic) bond motifs is 1. The molecule has 3 aliphatic rings. The molecule has 4 heterocycles. The van der Waals surface area contributed by atoms with Gasteiger partial charge in [-0.3, -0.25) is 14.4 Å². The molecule has 4 aromatic rings. The van der Waals surface area contributed by atoms with Crippen LogP contribution in [0.1, 0.15) is 54.5 Å². The lowest BCUT2D eigenvalue weighted by Gasteiger charge is -2.35. The zero-order valence-corrected chi connectivity index (χ0v) is 26.5. The first-order chi connectivity index (χ1) is 22.5. The topological polar surface area (TPSA) is 127 Å². The van der Waals surface area contributed by atoms with Crippen molar-refractivity contribution in [2.45, 2.75) is 75.8 Å². The van der Waals surface area contributed by atoms with E-state index >= 15 is 0 Å². The predicted octanol–water partition coefficient (Wildman–Crippen LogP) is 4.03. The molecule has 3 N–H and O–H groups in total.